The molecule has 1 heterocycles. The Morgan fingerprint density at radius 3 is 2.53 bits per heavy atom. The number of hydrogen-bond donors (Lipinski definition) is 2. The van der Waals surface area contributed by atoms with Crippen molar-refractivity contribution >= 4 is 5.91 Å². The van der Waals surface area contributed by atoms with Crippen molar-refractivity contribution < 1.29 is 4.79 Å². The van der Waals surface area contributed by atoms with Crippen LogP contribution in [0.1, 0.15) is 47.0 Å². The lowest BCUT2D eigenvalue weighted by Gasteiger charge is -2.26. The number of carbonyl (C=O) groups excluding carboxylic acids is 1. The molecule has 0 aromatic rings. The molecule has 3 heteroatoms. The normalized spacial score (nSPS) is 30.4. The van der Waals surface area contributed by atoms with Crippen LogP contribution < -0.4 is 10.6 Å². The summed E-state index contributed by atoms with van der Waals surface area (Å²) in [6, 6.07) is 0.0764. The van der Waals surface area contributed by atoms with Gasteiger partial charge in [-0.1, -0.05) is 34.1 Å². The minimum atomic E-state index is 0.0764. The fourth-order valence-electron chi connectivity index (χ4n) is 4.04. The third kappa shape index (κ3) is 3.31. The van der Waals surface area contributed by atoms with Gasteiger partial charge in [-0.2, -0.15) is 0 Å². The molecule has 3 atom stereocenters. The Bertz CT molecular complexity index is 306. The molecular weight excluding hydrogens is 236 g/mol. The van der Waals surface area contributed by atoms with Gasteiger partial charge in [0.1, 0.15) is 0 Å². The molecule has 2 N–H and O–H groups in total. The largest absolute Gasteiger partial charge is 0.354 e. The van der Waals surface area contributed by atoms with Gasteiger partial charge < -0.3 is 10.6 Å². The van der Waals surface area contributed by atoms with Crippen LogP contribution in [-0.2, 0) is 4.79 Å². The van der Waals surface area contributed by atoms with E-state index in [1.807, 2.05) is 0 Å². The van der Waals surface area contributed by atoms with Gasteiger partial charge in [0.2, 0.25) is 5.91 Å². The lowest BCUT2D eigenvalue weighted by atomic mass is 9.85. The summed E-state index contributed by atoms with van der Waals surface area (Å²) in [5, 5.41) is 6.63. The van der Waals surface area contributed by atoms with E-state index in [-0.39, 0.29) is 11.9 Å². The molecular formula is C16H30N2O. The van der Waals surface area contributed by atoms with Crippen LogP contribution in [0.3, 0.4) is 0 Å². The summed E-state index contributed by atoms with van der Waals surface area (Å²) in [5.41, 5.74) is 0. The van der Waals surface area contributed by atoms with Crippen LogP contribution in [-0.4, -0.2) is 25.0 Å². The van der Waals surface area contributed by atoms with Crippen LogP contribution in [0, 0.1) is 29.6 Å². The first-order chi connectivity index (χ1) is 9.00. The molecule has 0 spiro atoms. The Labute approximate surface area is 117 Å². The molecule has 0 aromatic carbocycles. The van der Waals surface area contributed by atoms with Crippen molar-refractivity contribution in [3.63, 3.8) is 0 Å². The number of hydrogen-bond acceptors (Lipinski definition) is 2. The van der Waals surface area contributed by atoms with Crippen molar-refractivity contribution in [2.75, 3.05) is 13.1 Å². The van der Waals surface area contributed by atoms with Gasteiger partial charge >= 0.3 is 0 Å². The highest BCUT2D eigenvalue weighted by atomic mass is 16.2. The van der Waals surface area contributed by atoms with Crippen molar-refractivity contribution in [2.24, 2.45) is 29.6 Å². The predicted octanol–water partition coefficient (Wildman–Crippen LogP) is 2.42. The highest BCUT2D eigenvalue weighted by Gasteiger charge is 2.42. The maximum atomic E-state index is 12.4. The van der Waals surface area contributed by atoms with Gasteiger partial charge in [-0.05, 0) is 49.0 Å². The van der Waals surface area contributed by atoms with Crippen LogP contribution in [0.2, 0.25) is 0 Å². The number of fused-ring (bicyclic) bond motifs is 1. The Kier molecular flexibility index (Phi) is 4.88. The molecule has 1 aliphatic carbocycles. The zero-order valence-electron chi connectivity index (χ0n) is 12.9. The maximum Gasteiger partial charge on any atom is 0.237 e. The SMILES string of the molecule is CC(C)C(CNC(=O)C1NCC2CCCC21)C(C)C. The van der Waals surface area contributed by atoms with E-state index in [0.29, 0.717) is 23.7 Å². The van der Waals surface area contributed by atoms with Crippen LogP contribution in [0.4, 0.5) is 0 Å². The molecule has 3 nitrogen and oxygen atoms in total. The maximum absolute atomic E-state index is 12.4. The lowest BCUT2D eigenvalue weighted by Crippen LogP contribution is -2.46. The van der Waals surface area contributed by atoms with Gasteiger partial charge in [0.05, 0.1) is 6.04 Å². The van der Waals surface area contributed by atoms with E-state index in [1.165, 1.54) is 19.3 Å². The third-order valence-electron chi connectivity index (χ3n) is 5.25. The molecule has 1 aliphatic heterocycles. The van der Waals surface area contributed by atoms with E-state index in [0.717, 1.165) is 19.0 Å². The molecule has 1 saturated heterocycles. The van der Waals surface area contributed by atoms with E-state index in [4.69, 9.17) is 0 Å². The summed E-state index contributed by atoms with van der Waals surface area (Å²) in [6.07, 6.45) is 3.84. The Morgan fingerprint density at radius 2 is 1.89 bits per heavy atom. The van der Waals surface area contributed by atoms with Gasteiger partial charge in [-0.15, -0.1) is 0 Å². The van der Waals surface area contributed by atoms with Gasteiger partial charge in [-0.25, -0.2) is 0 Å². The van der Waals surface area contributed by atoms with Crippen molar-refractivity contribution in [2.45, 2.75) is 53.0 Å². The third-order valence-corrected chi connectivity index (χ3v) is 5.25. The number of amides is 1. The van der Waals surface area contributed by atoms with Gasteiger partial charge in [0, 0.05) is 6.54 Å². The Morgan fingerprint density at radius 1 is 1.21 bits per heavy atom. The summed E-state index contributed by atoms with van der Waals surface area (Å²) in [4.78, 5) is 12.4. The summed E-state index contributed by atoms with van der Waals surface area (Å²) < 4.78 is 0. The Hall–Kier alpha value is -0.570. The minimum absolute atomic E-state index is 0.0764. The number of carbonyl (C=O) groups is 1. The van der Waals surface area contributed by atoms with Crippen molar-refractivity contribution in [3.05, 3.63) is 0 Å². The molecule has 1 saturated carbocycles. The van der Waals surface area contributed by atoms with Crippen LogP contribution >= 0.6 is 0 Å². The first kappa shape index (κ1) is 14.8. The zero-order chi connectivity index (χ0) is 14.0. The van der Waals surface area contributed by atoms with Crippen LogP contribution in [0.15, 0.2) is 0 Å². The van der Waals surface area contributed by atoms with E-state index in [2.05, 4.69) is 38.3 Å². The second kappa shape index (κ2) is 6.25. The van der Waals surface area contributed by atoms with Crippen molar-refractivity contribution in [1.29, 1.82) is 0 Å². The quantitative estimate of drug-likeness (QED) is 0.802. The summed E-state index contributed by atoms with van der Waals surface area (Å²) >= 11 is 0. The molecule has 0 aromatic heterocycles. The highest BCUT2D eigenvalue weighted by molar-refractivity contribution is 5.82. The Balaban J connectivity index is 1.84. The van der Waals surface area contributed by atoms with E-state index in [1.54, 1.807) is 0 Å². The second-order valence-corrected chi connectivity index (χ2v) is 7.14. The van der Waals surface area contributed by atoms with E-state index < -0.39 is 0 Å². The number of rotatable bonds is 5. The standard InChI is InChI=1S/C16H30N2O/c1-10(2)14(11(3)4)9-18-16(19)15-13-7-5-6-12(13)8-17-15/h10-15,17H,5-9H2,1-4H3,(H,18,19). The first-order valence-electron chi connectivity index (χ1n) is 8.01. The number of nitrogens with one attached hydrogen (secondary N) is 2. The van der Waals surface area contributed by atoms with Crippen LogP contribution in [0.5, 0.6) is 0 Å². The van der Waals surface area contributed by atoms with E-state index in [9.17, 15) is 4.79 Å². The minimum Gasteiger partial charge on any atom is -0.354 e. The monoisotopic (exact) mass is 266 g/mol. The molecule has 2 rings (SSSR count). The summed E-state index contributed by atoms with van der Waals surface area (Å²) in [6.45, 7) is 10.9. The smallest absolute Gasteiger partial charge is 0.237 e. The van der Waals surface area contributed by atoms with Crippen molar-refractivity contribution in [1.82, 2.24) is 10.6 Å². The van der Waals surface area contributed by atoms with Gasteiger partial charge in [0.25, 0.3) is 0 Å². The fourth-order valence-corrected chi connectivity index (χ4v) is 4.04. The molecule has 0 bridgehead atoms. The molecule has 19 heavy (non-hydrogen) atoms. The fraction of sp³-hybridized carbons (Fsp3) is 0.938. The van der Waals surface area contributed by atoms with Gasteiger partial charge in [0.15, 0.2) is 0 Å². The van der Waals surface area contributed by atoms with Gasteiger partial charge in [-0.3, -0.25) is 4.79 Å². The van der Waals surface area contributed by atoms with E-state index >= 15 is 0 Å². The first-order valence-corrected chi connectivity index (χ1v) is 8.01. The topological polar surface area (TPSA) is 41.1 Å². The molecule has 0 radical (unpaired) electrons. The molecule has 3 unspecified atom stereocenters. The summed E-state index contributed by atoms with van der Waals surface area (Å²) in [7, 11) is 0. The predicted molar refractivity (Wildman–Crippen MR) is 78.8 cm³/mol. The summed E-state index contributed by atoms with van der Waals surface area (Å²) in [5.74, 6) is 3.40. The molecule has 2 aliphatic rings. The average molecular weight is 266 g/mol. The van der Waals surface area contributed by atoms with Crippen LogP contribution in [0.25, 0.3) is 0 Å². The second-order valence-electron chi connectivity index (χ2n) is 7.14. The molecule has 2 fully saturated rings. The van der Waals surface area contributed by atoms with Crippen molar-refractivity contribution in [3.8, 4) is 0 Å². The lowest BCUT2D eigenvalue weighted by molar-refractivity contribution is -0.124. The molecule has 110 valence electrons. The highest BCUT2D eigenvalue weighted by Crippen LogP contribution is 2.37. The molecule has 1 amide bonds. The average Bonchev–Trinajstić information content (AvgIpc) is 2.88. The zero-order valence-corrected chi connectivity index (χ0v) is 12.9.